The molecule has 4 aromatic rings. The minimum atomic E-state index is -0.263. The van der Waals surface area contributed by atoms with E-state index in [-0.39, 0.29) is 6.03 Å². The quantitative estimate of drug-likeness (QED) is 0.267. The van der Waals surface area contributed by atoms with Crippen molar-refractivity contribution < 1.29 is 4.79 Å². The van der Waals surface area contributed by atoms with Crippen LogP contribution in [-0.2, 0) is 13.1 Å². The number of likely N-dealkylation sites (tertiary alicyclic amines) is 1. The lowest BCUT2D eigenvalue weighted by Crippen LogP contribution is -2.41. The number of halogens is 3. The van der Waals surface area contributed by atoms with E-state index in [0.29, 0.717) is 33.2 Å². The van der Waals surface area contributed by atoms with Crippen LogP contribution in [0, 0.1) is 0 Å². The number of para-hydroxylation sites is 1. The van der Waals surface area contributed by atoms with Gasteiger partial charge < -0.3 is 5.32 Å². The second-order valence-electron chi connectivity index (χ2n) is 9.69. The highest BCUT2D eigenvalue weighted by Crippen LogP contribution is 2.46. The van der Waals surface area contributed by atoms with Crippen LogP contribution in [-0.4, -0.2) is 29.0 Å². The molecule has 2 amide bonds. The van der Waals surface area contributed by atoms with Crippen molar-refractivity contribution in [3.63, 3.8) is 0 Å². The zero-order valence-corrected chi connectivity index (χ0v) is 22.8. The third-order valence-electron chi connectivity index (χ3n) is 7.33. The van der Waals surface area contributed by atoms with Gasteiger partial charge in [-0.15, -0.1) is 0 Å². The van der Waals surface area contributed by atoms with Crippen LogP contribution in [0.5, 0.6) is 0 Å². The fourth-order valence-electron chi connectivity index (χ4n) is 5.49. The summed E-state index contributed by atoms with van der Waals surface area (Å²) in [6.45, 7) is 3.17. The first-order valence-corrected chi connectivity index (χ1v) is 13.7. The third-order valence-corrected chi connectivity index (χ3v) is 8.27. The van der Waals surface area contributed by atoms with Gasteiger partial charge in [0.1, 0.15) is 0 Å². The summed E-state index contributed by atoms with van der Waals surface area (Å²) >= 11 is 19.9. The van der Waals surface area contributed by atoms with Crippen LogP contribution in [0.25, 0.3) is 11.1 Å². The number of amides is 2. The van der Waals surface area contributed by atoms with Gasteiger partial charge in [0.05, 0.1) is 21.4 Å². The predicted octanol–water partition coefficient (Wildman–Crippen LogP) is 8.06. The first kappa shape index (κ1) is 25.2. The lowest BCUT2D eigenvalue weighted by Gasteiger charge is -2.33. The summed E-state index contributed by atoms with van der Waals surface area (Å²) in [7, 11) is 0. The number of carbonyl (C=O) groups excluding carboxylic acids is 1. The molecule has 0 bridgehead atoms. The second-order valence-corrected chi connectivity index (χ2v) is 10.9. The average molecular weight is 564 g/mol. The van der Waals surface area contributed by atoms with Gasteiger partial charge in [-0.1, -0.05) is 65.1 Å². The number of nitrogens with one attached hydrogen (secondary N) is 1. The predicted molar refractivity (Wildman–Crippen MR) is 155 cm³/mol. The molecule has 3 heterocycles. The van der Waals surface area contributed by atoms with Crippen LogP contribution < -0.4 is 10.2 Å². The van der Waals surface area contributed by atoms with E-state index in [1.54, 1.807) is 23.1 Å². The topological polar surface area (TPSA) is 48.5 Å². The van der Waals surface area contributed by atoms with Crippen molar-refractivity contribution in [2.75, 3.05) is 18.0 Å². The standard InChI is InChI=1S/C30H25Cl3N4O/c31-25-5-2-1-4-22(25)23-14-21(20-10-13-36(18-20)17-19-8-11-34-12-9-19)15-28-24(23)16-35-30(38)37(28)29-26(32)6-3-7-27(29)33/h1-9,11-12,14-15,20H,10,13,16-18H2,(H,35,38). The number of urea groups is 1. The number of anilines is 2. The number of fused-ring (bicyclic) bond motifs is 1. The van der Waals surface area contributed by atoms with Crippen molar-refractivity contribution in [2.24, 2.45) is 0 Å². The SMILES string of the molecule is O=C1NCc2c(-c3ccccc3Cl)cc(C3CCN(Cc4ccncc4)C3)cc2N1c1c(Cl)cccc1Cl. The number of hydrogen-bond acceptors (Lipinski definition) is 3. The molecule has 1 fully saturated rings. The fraction of sp³-hybridized carbons (Fsp3) is 0.200. The molecule has 192 valence electrons. The molecule has 1 atom stereocenters. The highest BCUT2D eigenvalue weighted by molar-refractivity contribution is 6.40. The van der Waals surface area contributed by atoms with E-state index in [4.69, 9.17) is 34.8 Å². The highest BCUT2D eigenvalue weighted by atomic mass is 35.5. The van der Waals surface area contributed by atoms with Gasteiger partial charge in [-0.2, -0.15) is 0 Å². The third kappa shape index (κ3) is 4.76. The molecule has 5 nitrogen and oxygen atoms in total. The van der Waals surface area contributed by atoms with Crippen LogP contribution >= 0.6 is 34.8 Å². The molecule has 6 rings (SSSR count). The van der Waals surface area contributed by atoms with Crippen molar-refractivity contribution in [3.05, 3.63) is 111 Å². The van der Waals surface area contributed by atoms with E-state index in [9.17, 15) is 4.79 Å². The molecule has 1 unspecified atom stereocenters. The molecule has 0 saturated carbocycles. The van der Waals surface area contributed by atoms with Gasteiger partial charge in [0.15, 0.2) is 0 Å². The van der Waals surface area contributed by atoms with Crippen molar-refractivity contribution >= 4 is 52.2 Å². The Labute approximate surface area is 237 Å². The van der Waals surface area contributed by atoms with Gasteiger partial charge in [0.2, 0.25) is 0 Å². The first-order chi connectivity index (χ1) is 18.5. The maximum atomic E-state index is 13.3. The van der Waals surface area contributed by atoms with Crippen LogP contribution in [0.1, 0.15) is 29.0 Å². The summed E-state index contributed by atoms with van der Waals surface area (Å²) < 4.78 is 0. The Kier molecular flexibility index (Phi) is 7.02. The Morgan fingerprint density at radius 2 is 1.63 bits per heavy atom. The number of nitrogens with zero attached hydrogens (tertiary/aromatic N) is 3. The number of rotatable bonds is 5. The van der Waals surface area contributed by atoms with Crippen LogP contribution in [0.4, 0.5) is 16.2 Å². The van der Waals surface area contributed by atoms with Crippen molar-refractivity contribution in [3.8, 4) is 11.1 Å². The molecular weight excluding hydrogens is 539 g/mol. The van der Waals surface area contributed by atoms with Crippen LogP contribution in [0.3, 0.4) is 0 Å². The van der Waals surface area contributed by atoms with Gasteiger partial charge in [-0.3, -0.25) is 14.8 Å². The molecule has 0 spiro atoms. The number of aromatic nitrogens is 1. The monoisotopic (exact) mass is 562 g/mol. The van der Waals surface area contributed by atoms with E-state index in [0.717, 1.165) is 48.4 Å². The maximum Gasteiger partial charge on any atom is 0.326 e. The maximum absolute atomic E-state index is 13.3. The minimum absolute atomic E-state index is 0.263. The average Bonchev–Trinajstić information content (AvgIpc) is 3.38. The molecule has 0 aliphatic carbocycles. The van der Waals surface area contributed by atoms with Gasteiger partial charge in [0.25, 0.3) is 0 Å². The zero-order valence-electron chi connectivity index (χ0n) is 20.5. The number of pyridine rings is 1. The summed E-state index contributed by atoms with van der Waals surface area (Å²) in [5.41, 5.74) is 6.58. The van der Waals surface area contributed by atoms with Gasteiger partial charge in [-0.25, -0.2) is 4.79 Å². The first-order valence-electron chi connectivity index (χ1n) is 12.5. The zero-order chi connectivity index (χ0) is 26.2. The summed E-state index contributed by atoms with van der Waals surface area (Å²) in [6, 6.07) is 21.3. The summed E-state index contributed by atoms with van der Waals surface area (Å²) in [5.74, 6) is 0.303. The lowest BCUT2D eigenvalue weighted by molar-refractivity contribution is 0.247. The molecule has 38 heavy (non-hydrogen) atoms. The van der Waals surface area contributed by atoms with Gasteiger partial charge in [0, 0.05) is 48.2 Å². The highest BCUT2D eigenvalue weighted by Gasteiger charge is 2.33. The molecule has 2 aliphatic rings. The molecule has 3 aromatic carbocycles. The molecule has 1 saturated heterocycles. The van der Waals surface area contributed by atoms with E-state index in [1.807, 2.05) is 36.7 Å². The lowest BCUT2D eigenvalue weighted by atomic mass is 9.88. The Morgan fingerprint density at radius 1 is 0.895 bits per heavy atom. The Hall–Kier alpha value is -3.09. The molecule has 1 aromatic heterocycles. The molecular formula is C30H25Cl3N4O. The van der Waals surface area contributed by atoms with Crippen LogP contribution in [0.2, 0.25) is 15.1 Å². The second kappa shape index (κ2) is 10.6. The number of carbonyl (C=O) groups is 1. The molecule has 0 radical (unpaired) electrons. The Bertz CT molecular complexity index is 1490. The summed E-state index contributed by atoms with van der Waals surface area (Å²) in [6.07, 6.45) is 4.69. The summed E-state index contributed by atoms with van der Waals surface area (Å²) in [5, 5.41) is 4.49. The van der Waals surface area contributed by atoms with Crippen molar-refractivity contribution in [1.82, 2.24) is 15.2 Å². The Balaban J connectivity index is 1.46. The van der Waals surface area contributed by atoms with E-state index in [1.165, 1.54) is 11.1 Å². The number of hydrogen-bond donors (Lipinski definition) is 1. The smallest absolute Gasteiger partial charge is 0.326 e. The molecule has 8 heteroatoms. The van der Waals surface area contributed by atoms with E-state index < -0.39 is 0 Å². The van der Waals surface area contributed by atoms with Crippen LogP contribution in [0.15, 0.2) is 79.1 Å². The van der Waals surface area contributed by atoms with Crippen molar-refractivity contribution in [2.45, 2.75) is 25.4 Å². The van der Waals surface area contributed by atoms with E-state index >= 15 is 0 Å². The fourth-order valence-corrected chi connectivity index (χ4v) is 6.30. The Morgan fingerprint density at radius 3 is 2.39 bits per heavy atom. The normalized spacial score (nSPS) is 17.4. The summed E-state index contributed by atoms with van der Waals surface area (Å²) in [4.78, 5) is 21.5. The van der Waals surface area contributed by atoms with E-state index in [2.05, 4.69) is 39.5 Å². The molecule has 1 N–H and O–H groups in total. The number of benzene rings is 3. The minimum Gasteiger partial charge on any atom is -0.333 e. The van der Waals surface area contributed by atoms with Crippen molar-refractivity contribution in [1.29, 1.82) is 0 Å². The largest absolute Gasteiger partial charge is 0.333 e. The molecule has 2 aliphatic heterocycles. The van der Waals surface area contributed by atoms with Gasteiger partial charge in [-0.05, 0) is 72.0 Å². The van der Waals surface area contributed by atoms with Gasteiger partial charge >= 0.3 is 6.03 Å².